The van der Waals surface area contributed by atoms with Gasteiger partial charge in [0.05, 0.1) is 31.4 Å². The van der Waals surface area contributed by atoms with Gasteiger partial charge in [-0.2, -0.15) is 0 Å². The van der Waals surface area contributed by atoms with Gasteiger partial charge in [0.2, 0.25) is 5.91 Å². The maximum Gasteiger partial charge on any atom is 0.322 e. The molecule has 1 fully saturated rings. The van der Waals surface area contributed by atoms with Crippen LogP contribution in [0.2, 0.25) is 0 Å². The molecule has 0 spiro atoms. The van der Waals surface area contributed by atoms with E-state index in [4.69, 9.17) is 9.47 Å². The third kappa shape index (κ3) is 6.97. The number of para-hydroxylation sites is 2. The number of rotatable bonds is 9. The van der Waals surface area contributed by atoms with E-state index in [9.17, 15) is 14.4 Å². The van der Waals surface area contributed by atoms with Gasteiger partial charge in [-0.3, -0.25) is 9.59 Å². The van der Waals surface area contributed by atoms with Crippen molar-refractivity contribution in [3.63, 3.8) is 0 Å². The van der Waals surface area contributed by atoms with Gasteiger partial charge in [0.1, 0.15) is 5.75 Å². The summed E-state index contributed by atoms with van der Waals surface area (Å²) in [5.74, 6) is -0.0572. The number of likely N-dealkylation sites (tertiary alicyclic amines) is 1. The molecule has 1 heterocycles. The Kier molecular flexibility index (Phi) is 9.52. The minimum atomic E-state index is -0.318. The minimum absolute atomic E-state index is 0.0747. The predicted octanol–water partition coefficient (Wildman–Crippen LogP) is 4.48. The lowest BCUT2D eigenvalue weighted by Gasteiger charge is -2.33. The average molecular weight is 482 g/mol. The summed E-state index contributed by atoms with van der Waals surface area (Å²) in [5.41, 5.74) is 1.53. The fourth-order valence-corrected chi connectivity index (χ4v) is 4.35. The number of hydrogen-bond donors (Lipinski definition) is 1. The topological polar surface area (TPSA) is 88.2 Å². The number of urea groups is 1. The van der Waals surface area contributed by atoms with Gasteiger partial charge in [0.25, 0.3) is 0 Å². The van der Waals surface area contributed by atoms with Gasteiger partial charge in [0, 0.05) is 26.1 Å². The van der Waals surface area contributed by atoms with Gasteiger partial charge >= 0.3 is 12.0 Å². The standard InChI is InChI=1S/C27H35N3O5/c1-4-35-26(32)22-13-10-17-29(19-22)25(31)16-18-30(20(2)21-11-6-5-7-12-21)27(33)28-23-14-8-9-15-24(23)34-3/h5-9,11-12,14-15,20,22H,4,10,13,16-19H2,1-3H3,(H,28,33). The summed E-state index contributed by atoms with van der Waals surface area (Å²) in [6.45, 7) is 5.25. The highest BCUT2D eigenvalue weighted by molar-refractivity contribution is 5.91. The number of carbonyl (C=O) groups is 3. The van der Waals surface area contributed by atoms with E-state index < -0.39 is 0 Å². The molecule has 3 rings (SSSR count). The van der Waals surface area contributed by atoms with Crippen molar-refractivity contribution in [3.05, 3.63) is 60.2 Å². The van der Waals surface area contributed by atoms with E-state index in [1.807, 2.05) is 49.4 Å². The van der Waals surface area contributed by atoms with Crippen LogP contribution >= 0.6 is 0 Å². The van der Waals surface area contributed by atoms with E-state index in [0.717, 1.165) is 18.4 Å². The molecular weight excluding hydrogens is 446 g/mol. The summed E-state index contributed by atoms with van der Waals surface area (Å²) in [6.07, 6.45) is 1.64. The number of hydrogen-bond acceptors (Lipinski definition) is 5. The third-order valence-corrected chi connectivity index (χ3v) is 6.32. The number of amides is 3. The minimum Gasteiger partial charge on any atom is -0.495 e. The van der Waals surface area contributed by atoms with Crippen LogP contribution in [0.5, 0.6) is 5.75 Å². The Morgan fingerprint density at radius 3 is 2.54 bits per heavy atom. The van der Waals surface area contributed by atoms with Gasteiger partial charge < -0.3 is 24.6 Å². The Hall–Kier alpha value is -3.55. The van der Waals surface area contributed by atoms with Crippen LogP contribution in [0.1, 0.15) is 44.7 Å². The number of methoxy groups -OCH3 is 1. The quantitative estimate of drug-likeness (QED) is 0.534. The summed E-state index contributed by atoms with van der Waals surface area (Å²) < 4.78 is 10.5. The summed E-state index contributed by atoms with van der Waals surface area (Å²) in [4.78, 5) is 42.0. The second kappa shape index (κ2) is 12.8. The Morgan fingerprint density at radius 1 is 1.11 bits per heavy atom. The molecule has 2 aromatic rings. The van der Waals surface area contributed by atoms with Crippen LogP contribution in [0.25, 0.3) is 0 Å². The molecule has 8 nitrogen and oxygen atoms in total. The first kappa shape index (κ1) is 26.1. The molecule has 3 amide bonds. The van der Waals surface area contributed by atoms with E-state index in [-0.39, 0.29) is 42.8 Å². The molecule has 188 valence electrons. The zero-order chi connectivity index (χ0) is 25.2. The van der Waals surface area contributed by atoms with Crippen molar-refractivity contribution < 1.29 is 23.9 Å². The molecular formula is C27H35N3O5. The number of benzene rings is 2. The molecule has 2 unspecified atom stereocenters. The van der Waals surface area contributed by atoms with Gasteiger partial charge in [-0.05, 0) is 44.4 Å². The van der Waals surface area contributed by atoms with Crippen LogP contribution in [-0.2, 0) is 14.3 Å². The lowest BCUT2D eigenvalue weighted by Crippen LogP contribution is -2.45. The van der Waals surface area contributed by atoms with Crippen LogP contribution in [0.4, 0.5) is 10.5 Å². The molecule has 2 atom stereocenters. The van der Waals surface area contributed by atoms with E-state index in [0.29, 0.717) is 31.1 Å². The fourth-order valence-electron chi connectivity index (χ4n) is 4.35. The lowest BCUT2D eigenvalue weighted by molar-refractivity contribution is -0.151. The average Bonchev–Trinajstić information content (AvgIpc) is 2.89. The molecule has 0 bridgehead atoms. The third-order valence-electron chi connectivity index (χ3n) is 6.32. The molecule has 1 aliphatic rings. The van der Waals surface area contributed by atoms with E-state index in [1.54, 1.807) is 36.0 Å². The molecule has 0 radical (unpaired) electrons. The summed E-state index contributed by atoms with van der Waals surface area (Å²) >= 11 is 0. The van der Waals surface area contributed by atoms with Crippen molar-refractivity contribution in [2.45, 2.75) is 39.2 Å². The number of esters is 1. The zero-order valence-corrected chi connectivity index (χ0v) is 20.7. The first-order valence-corrected chi connectivity index (χ1v) is 12.1. The molecule has 1 saturated heterocycles. The molecule has 35 heavy (non-hydrogen) atoms. The Balaban J connectivity index is 1.71. The zero-order valence-electron chi connectivity index (χ0n) is 20.7. The van der Waals surface area contributed by atoms with Gasteiger partial charge in [-0.25, -0.2) is 4.79 Å². The van der Waals surface area contributed by atoms with Crippen molar-refractivity contribution in [1.29, 1.82) is 0 Å². The summed E-state index contributed by atoms with van der Waals surface area (Å²) in [5, 5.41) is 2.93. The van der Waals surface area contributed by atoms with Crippen molar-refractivity contribution in [2.75, 3.05) is 38.7 Å². The Bertz CT molecular complexity index is 997. The van der Waals surface area contributed by atoms with Crippen LogP contribution in [0, 0.1) is 5.92 Å². The number of carbonyl (C=O) groups excluding carboxylic acids is 3. The fraction of sp³-hybridized carbons (Fsp3) is 0.444. The second-order valence-corrected chi connectivity index (χ2v) is 8.59. The maximum atomic E-state index is 13.4. The number of ether oxygens (including phenoxy) is 2. The van der Waals surface area contributed by atoms with Gasteiger partial charge in [-0.1, -0.05) is 42.5 Å². The molecule has 1 aliphatic heterocycles. The number of anilines is 1. The highest BCUT2D eigenvalue weighted by Gasteiger charge is 2.30. The monoisotopic (exact) mass is 481 g/mol. The predicted molar refractivity (Wildman–Crippen MR) is 134 cm³/mol. The van der Waals surface area contributed by atoms with Crippen LogP contribution < -0.4 is 10.1 Å². The Labute approximate surface area is 207 Å². The van der Waals surface area contributed by atoms with Crippen molar-refractivity contribution in [3.8, 4) is 5.75 Å². The first-order valence-electron chi connectivity index (χ1n) is 12.1. The summed E-state index contributed by atoms with van der Waals surface area (Å²) in [6, 6.07) is 16.3. The molecule has 2 aromatic carbocycles. The lowest BCUT2D eigenvalue weighted by atomic mass is 9.98. The molecule has 1 N–H and O–H groups in total. The smallest absolute Gasteiger partial charge is 0.322 e. The van der Waals surface area contributed by atoms with Gasteiger partial charge in [-0.15, -0.1) is 0 Å². The van der Waals surface area contributed by atoms with Crippen molar-refractivity contribution in [2.24, 2.45) is 5.92 Å². The SMILES string of the molecule is CCOC(=O)C1CCCN(C(=O)CCN(C(=O)Nc2ccccc2OC)C(C)c2ccccc2)C1. The normalized spacial score (nSPS) is 16.2. The van der Waals surface area contributed by atoms with Crippen LogP contribution in [-0.4, -0.2) is 61.1 Å². The molecule has 8 heteroatoms. The number of piperidine rings is 1. The first-order chi connectivity index (χ1) is 16.9. The highest BCUT2D eigenvalue weighted by Crippen LogP contribution is 2.26. The molecule has 0 aromatic heterocycles. The summed E-state index contributed by atoms with van der Waals surface area (Å²) in [7, 11) is 1.55. The number of nitrogens with zero attached hydrogens (tertiary/aromatic N) is 2. The van der Waals surface area contributed by atoms with Gasteiger partial charge in [0.15, 0.2) is 0 Å². The Morgan fingerprint density at radius 2 is 1.83 bits per heavy atom. The second-order valence-electron chi connectivity index (χ2n) is 8.59. The van der Waals surface area contributed by atoms with E-state index >= 15 is 0 Å². The van der Waals surface area contributed by atoms with Crippen LogP contribution in [0.15, 0.2) is 54.6 Å². The molecule has 0 saturated carbocycles. The van der Waals surface area contributed by atoms with E-state index in [2.05, 4.69) is 5.32 Å². The largest absolute Gasteiger partial charge is 0.495 e. The maximum absolute atomic E-state index is 13.4. The number of nitrogens with one attached hydrogen (secondary N) is 1. The highest BCUT2D eigenvalue weighted by atomic mass is 16.5. The van der Waals surface area contributed by atoms with Crippen LogP contribution in [0.3, 0.4) is 0 Å². The molecule has 0 aliphatic carbocycles. The van der Waals surface area contributed by atoms with Crippen molar-refractivity contribution in [1.82, 2.24) is 9.80 Å². The van der Waals surface area contributed by atoms with E-state index in [1.165, 1.54) is 0 Å². The van der Waals surface area contributed by atoms with Crippen molar-refractivity contribution >= 4 is 23.6 Å².